The van der Waals surface area contributed by atoms with Crippen LogP contribution in [-0.2, 0) is 28.6 Å². The highest BCUT2D eigenvalue weighted by Crippen LogP contribution is 2.12. The average Bonchev–Trinajstić information content (AvgIpc) is 3.33. The maximum atomic E-state index is 12.8. The zero-order valence-electron chi connectivity index (χ0n) is 43.1. The molecule has 378 valence electrons. The third-order valence-corrected chi connectivity index (χ3v) is 10.9. The van der Waals surface area contributed by atoms with Crippen molar-refractivity contribution in [2.45, 2.75) is 232 Å². The fourth-order valence-corrected chi connectivity index (χ4v) is 6.88. The van der Waals surface area contributed by atoms with Crippen LogP contribution in [0.1, 0.15) is 226 Å². The van der Waals surface area contributed by atoms with E-state index in [4.69, 9.17) is 14.2 Å². The van der Waals surface area contributed by atoms with Crippen molar-refractivity contribution >= 4 is 17.9 Å². The summed E-state index contributed by atoms with van der Waals surface area (Å²) in [7, 11) is 0. The predicted molar refractivity (Wildman–Crippen MR) is 288 cm³/mol. The van der Waals surface area contributed by atoms with Crippen LogP contribution in [-0.4, -0.2) is 37.2 Å². The van der Waals surface area contributed by atoms with E-state index in [9.17, 15) is 14.4 Å². The zero-order valence-corrected chi connectivity index (χ0v) is 43.1. The molecule has 0 unspecified atom stereocenters. The van der Waals surface area contributed by atoms with Crippen LogP contribution in [0.25, 0.3) is 0 Å². The van der Waals surface area contributed by atoms with E-state index in [1.54, 1.807) is 0 Å². The molecule has 0 aliphatic heterocycles. The third kappa shape index (κ3) is 52.6. The summed E-state index contributed by atoms with van der Waals surface area (Å²) < 4.78 is 16.7. The fourth-order valence-electron chi connectivity index (χ4n) is 6.88. The van der Waals surface area contributed by atoms with Crippen molar-refractivity contribution in [2.75, 3.05) is 13.2 Å². The molecule has 67 heavy (non-hydrogen) atoms. The molecule has 0 heterocycles. The van der Waals surface area contributed by atoms with E-state index in [2.05, 4.69) is 136 Å². The lowest BCUT2D eigenvalue weighted by Crippen LogP contribution is -2.30. The van der Waals surface area contributed by atoms with Crippen LogP contribution in [0.3, 0.4) is 0 Å². The minimum Gasteiger partial charge on any atom is -0.462 e. The third-order valence-electron chi connectivity index (χ3n) is 10.9. The number of unbranched alkanes of at least 4 members (excludes halogenated alkanes) is 16. The minimum atomic E-state index is -0.826. The van der Waals surface area contributed by atoms with Crippen molar-refractivity contribution in [3.05, 3.63) is 122 Å². The van der Waals surface area contributed by atoms with Gasteiger partial charge in [0, 0.05) is 19.3 Å². The summed E-state index contributed by atoms with van der Waals surface area (Å²) in [5.74, 6) is -1.04. The Morgan fingerprint density at radius 2 is 0.612 bits per heavy atom. The van der Waals surface area contributed by atoms with Gasteiger partial charge in [-0.25, -0.2) is 0 Å². The second-order valence-corrected chi connectivity index (χ2v) is 17.4. The van der Waals surface area contributed by atoms with Gasteiger partial charge < -0.3 is 14.2 Å². The van der Waals surface area contributed by atoms with E-state index in [1.807, 2.05) is 6.08 Å². The average molecular weight is 927 g/mol. The molecule has 0 N–H and O–H groups in total. The molecule has 0 rings (SSSR count). The van der Waals surface area contributed by atoms with Gasteiger partial charge >= 0.3 is 17.9 Å². The highest BCUT2D eigenvalue weighted by atomic mass is 16.6. The van der Waals surface area contributed by atoms with Gasteiger partial charge in [-0.3, -0.25) is 14.4 Å². The molecule has 0 saturated carbocycles. The maximum absolute atomic E-state index is 12.8. The van der Waals surface area contributed by atoms with Gasteiger partial charge in [0.15, 0.2) is 6.10 Å². The lowest BCUT2D eigenvalue weighted by Gasteiger charge is -2.18. The normalized spacial score (nSPS) is 13.1. The monoisotopic (exact) mass is 927 g/mol. The maximum Gasteiger partial charge on any atom is 0.306 e. The number of hydrogen-bond acceptors (Lipinski definition) is 6. The molecule has 0 fully saturated rings. The van der Waals surface area contributed by atoms with E-state index in [1.165, 1.54) is 64.2 Å². The van der Waals surface area contributed by atoms with E-state index in [0.717, 1.165) is 116 Å². The lowest BCUT2D eigenvalue weighted by molar-refractivity contribution is -0.166. The van der Waals surface area contributed by atoms with Crippen LogP contribution in [0.4, 0.5) is 0 Å². The smallest absolute Gasteiger partial charge is 0.306 e. The standard InChI is InChI=1S/C61H98O6/c1-4-7-10-13-16-19-22-25-27-29-30-32-34-37-39-42-45-48-51-54-60(63)66-57-58(67-61(64)55-52-49-46-43-40-35-24-21-18-15-12-9-6-3)56-65-59(62)53-50-47-44-41-38-36-33-31-28-26-23-20-17-14-11-8-5-2/h8,11,16-17,19-21,24-28,30,32-33,36-37,39,45,48,58H,4-7,9-10,12-15,18,22-23,29,31,34-35,38,40-44,46-47,49-57H2,1-3H3/b11-8-,19-16-,20-17-,24-21-,27-25-,28-26-,32-30-,36-33-,39-37-,48-45-/t58-/m1/s1. The first kappa shape index (κ1) is 62.8. The molecule has 1 atom stereocenters. The number of carbonyl (C=O) groups is 3. The summed E-state index contributed by atoms with van der Waals surface area (Å²) in [6.07, 6.45) is 74.8. The molecule has 0 saturated heterocycles. The van der Waals surface area contributed by atoms with Gasteiger partial charge in [-0.15, -0.1) is 0 Å². The molecular weight excluding hydrogens is 829 g/mol. The Labute approximate surface area is 412 Å². The number of allylic oxidation sites excluding steroid dienone is 20. The van der Waals surface area contributed by atoms with E-state index in [0.29, 0.717) is 19.3 Å². The molecule has 0 amide bonds. The van der Waals surface area contributed by atoms with Gasteiger partial charge in [-0.05, 0) is 122 Å². The van der Waals surface area contributed by atoms with Crippen molar-refractivity contribution in [1.29, 1.82) is 0 Å². The molecule has 0 radical (unpaired) electrons. The van der Waals surface area contributed by atoms with Gasteiger partial charge in [-0.2, -0.15) is 0 Å². The second-order valence-electron chi connectivity index (χ2n) is 17.4. The van der Waals surface area contributed by atoms with Crippen LogP contribution in [0.2, 0.25) is 0 Å². The quantitative estimate of drug-likeness (QED) is 0.0262. The summed E-state index contributed by atoms with van der Waals surface area (Å²) in [5.41, 5.74) is 0. The van der Waals surface area contributed by atoms with Crippen LogP contribution < -0.4 is 0 Å². The van der Waals surface area contributed by atoms with Gasteiger partial charge in [-0.1, -0.05) is 206 Å². The fraction of sp³-hybridized carbons (Fsp3) is 0.623. The van der Waals surface area contributed by atoms with Gasteiger partial charge in [0.2, 0.25) is 0 Å². The predicted octanol–water partition coefficient (Wildman–Crippen LogP) is 18.1. The van der Waals surface area contributed by atoms with Crippen LogP contribution in [0.5, 0.6) is 0 Å². The molecule has 6 heteroatoms. The first-order chi connectivity index (χ1) is 33.0. The Hall–Kier alpha value is -4.19. The molecule has 0 aromatic carbocycles. The Bertz CT molecular complexity index is 1440. The van der Waals surface area contributed by atoms with E-state index >= 15 is 0 Å². The number of rotatable bonds is 47. The minimum absolute atomic E-state index is 0.120. The number of esters is 3. The summed E-state index contributed by atoms with van der Waals surface area (Å²) in [5, 5.41) is 0. The van der Waals surface area contributed by atoms with Crippen molar-refractivity contribution in [2.24, 2.45) is 0 Å². The zero-order chi connectivity index (χ0) is 48.6. The summed E-state index contributed by atoms with van der Waals surface area (Å²) in [6, 6.07) is 0. The van der Waals surface area contributed by atoms with E-state index in [-0.39, 0.29) is 37.5 Å². The molecule has 6 nitrogen and oxygen atoms in total. The van der Waals surface area contributed by atoms with Gasteiger partial charge in [0.25, 0.3) is 0 Å². The van der Waals surface area contributed by atoms with Crippen molar-refractivity contribution in [3.8, 4) is 0 Å². The molecule has 0 aliphatic rings. The van der Waals surface area contributed by atoms with Crippen LogP contribution in [0, 0.1) is 0 Å². The molecular formula is C61H98O6. The van der Waals surface area contributed by atoms with Gasteiger partial charge in [0.1, 0.15) is 13.2 Å². The highest BCUT2D eigenvalue weighted by Gasteiger charge is 2.19. The van der Waals surface area contributed by atoms with Crippen LogP contribution in [0.15, 0.2) is 122 Å². The van der Waals surface area contributed by atoms with Gasteiger partial charge in [0.05, 0.1) is 0 Å². The lowest BCUT2D eigenvalue weighted by atomic mass is 10.1. The molecule has 0 aromatic rings. The first-order valence-electron chi connectivity index (χ1n) is 27.0. The number of hydrogen-bond donors (Lipinski definition) is 0. The molecule has 0 aliphatic carbocycles. The molecule has 0 spiro atoms. The Kier molecular flexibility index (Phi) is 51.0. The first-order valence-corrected chi connectivity index (χ1v) is 27.0. The Balaban J connectivity index is 4.56. The topological polar surface area (TPSA) is 78.9 Å². The van der Waals surface area contributed by atoms with Crippen molar-refractivity contribution < 1.29 is 28.6 Å². The van der Waals surface area contributed by atoms with E-state index < -0.39 is 6.10 Å². The molecule has 0 aromatic heterocycles. The molecule has 0 bridgehead atoms. The SMILES string of the molecule is CC/C=C\C/C=C\C/C=C\C/C=C\CCCCCCC(=O)OC[C@H](COC(=O)CC/C=C\C/C=C\C/C=C\C/C=C\C/C=C\CCCCC)OC(=O)CCCCCCC/C=C\CCCCCC. The Morgan fingerprint density at radius 3 is 1.04 bits per heavy atom. The summed E-state index contributed by atoms with van der Waals surface area (Å²) in [4.78, 5) is 38.0. The Morgan fingerprint density at radius 1 is 0.313 bits per heavy atom. The highest BCUT2D eigenvalue weighted by molar-refractivity contribution is 5.71. The summed E-state index contributed by atoms with van der Waals surface area (Å²) in [6.45, 7) is 6.37. The number of carbonyl (C=O) groups excluding carboxylic acids is 3. The number of ether oxygens (including phenoxy) is 3. The summed E-state index contributed by atoms with van der Waals surface area (Å²) >= 11 is 0. The second kappa shape index (κ2) is 54.4. The largest absolute Gasteiger partial charge is 0.462 e. The van der Waals surface area contributed by atoms with Crippen molar-refractivity contribution in [1.82, 2.24) is 0 Å². The van der Waals surface area contributed by atoms with Crippen LogP contribution >= 0.6 is 0 Å². The van der Waals surface area contributed by atoms with Crippen molar-refractivity contribution in [3.63, 3.8) is 0 Å².